The van der Waals surface area contributed by atoms with Crippen molar-refractivity contribution in [3.63, 3.8) is 0 Å². The Morgan fingerprint density at radius 3 is 1.42 bits per heavy atom. The monoisotopic (exact) mass is 330 g/mol. The van der Waals surface area contributed by atoms with Crippen LogP contribution in [0.2, 0.25) is 0 Å². The lowest BCUT2D eigenvalue weighted by Gasteiger charge is -2.01. The highest BCUT2D eigenvalue weighted by molar-refractivity contribution is 5.91. The molecule has 0 aromatic heterocycles. The van der Waals surface area contributed by atoms with Gasteiger partial charge in [0.15, 0.2) is 0 Å². The average molecular weight is 330 g/mol. The van der Waals surface area contributed by atoms with Gasteiger partial charge in [-0.3, -0.25) is 4.79 Å². The molecule has 0 fully saturated rings. The molecule has 0 bridgehead atoms. The first-order chi connectivity index (χ1) is 11.3. The van der Waals surface area contributed by atoms with Crippen molar-refractivity contribution in [1.82, 2.24) is 0 Å². The first kappa shape index (κ1) is 18.7. The van der Waals surface area contributed by atoms with Crippen molar-refractivity contribution in [2.75, 3.05) is 17.7 Å². The quantitative estimate of drug-likeness (QED) is 0.685. The molecule has 0 spiro atoms. The number of carbonyl (C=O) groups is 3. The Balaban J connectivity index is 0.000000243. The van der Waals surface area contributed by atoms with Crippen molar-refractivity contribution in [2.45, 2.75) is 6.92 Å². The Bertz CT molecular complexity index is 709. The Labute approximate surface area is 138 Å². The summed E-state index contributed by atoms with van der Waals surface area (Å²) in [6.45, 7) is 1.39. The van der Waals surface area contributed by atoms with E-state index in [2.05, 4.69) is 10.6 Å². The minimum Gasteiger partial charge on any atom is -0.478 e. The molecule has 0 atom stereocenters. The third kappa shape index (κ3) is 6.18. The van der Waals surface area contributed by atoms with E-state index in [0.717, 1.165) is 5.69 Å². The number of carbonyl (C=O) groups excluding carboxylic acids is 1. The Morgan fingerprint density at radius 2 is 1.12 bits per heavy atom. The number of amides is 1. The summed E-state index contributed by atoms with van der Waals surface area (Å²) in [6, 6.07) is 12.5. The number of anilines is 2. The standard InChI is InChI=1S/C9H9NO3.C8H9NO2/c1-6(11)10-8-4-2-7(3-5-8)9(12)13;1-9-7-4-2-6(3-5-7)8(10)11/h2-5H,1H3,(H,10,11)(H,12,13);2-5,9H,1H3,(H,10,11). The van der Waals surface area contributed by atoms with Crippen LogP contribution in [0.25, 0.3) is 0 Å². The first-order valence-electron chi connectivity index (χ1n) is 6.95. The fraction of sp³-hybridized carbons (Fsp3) is 0.118. The fourth-order valence-electron chi connectivity index (χ4n) is 1.68. The number of carboxylic acids is 2. The molecule has 0 heterocycles. The van der Waals surface area contributed by atoms with Gasteiger partial charge in [-0.2, -0.15) is 0 Å². The molecule has 2 aromatic rings. The summed E-state index contributed by atoms with van der Waals surface area (Å²) in [5, 5.41) is 22.5. The predicted octanol–water partition coefficient (Wildman–Crippen LogP) is 2.77. The lowest BCUT2D eigenvalue weighted by molar-refractivity contribution is -0.114. The zero-order chi connectivity index (χ0) is 18.1. The molecule has 0 aliphatic rings. The van der Waals surface area contributed by atoms with Gasteiger partial charge in [0.25, 0.3) is 0 Å². The highest BCUT2D eigenvalue weighted by Crippen LogP contribution is 2.09. The molecule has 0 saturated heterocycles. The van der Waals surface area contributed by atoms with E-state index in [1.807, 2.05) is 0 Å². The highest BCUT2D eigenvalue weighted by atomic mass is 16.4. The second-order valence-electron chi connectivity index (χ2n) is 4.70. The molecule has 2 rings (SSSR count). The van der Waals surface area contributed by atoms with E-state index in [1.54, 1.807) is 43.4 Å². The van der Waals surface area contributed by atoms with Crippen LogP contribution in [0, 0.1) is 0 Å². The van der Waals surface area contributed by atoms with Crippen LogP contribution in [0.3, 0.4) is 0 Å². The topological polar surface area (TPSA) is 116 Å². The van der Waals surface area contributed by atoms with Gasteiger partial charge in [0.2, 0.25) is 5.91 Å². The van der Waals surface area contributed by atoms with Gasteiger partial charge in [0.1, 0.15) is 0 Å². The summed E-state index contributed by atoms with van der Waals surface area (Å²) in [4.78, 5) is 31.4. The normalized spacial score (nSPS) is 9.25. The number of hydrogen-bond donors (Lipinski definition) is 4. The summed E-state index contributed by atoms with van der Waals surface area (Å²) in [5.41, 5.74) is 2.02. The molecule has 0 aliphatic heterocycles. The smallest absolute Gasteiger partial charge is 0.335 e. The van der Waals surface area contributed by atoms with Crippen molar-refractivity contribution < 1.29 is 24.6 Å². The molecule has 1 amide bonds. The van der Waals surface area contributed by atoms with Gasteiger partial charge in [-0.05, 0) is 48.5 Å². The lowest BCUT2D eigenvalue weighted by atomic mass is 10.2. The van der Waals surface area contributed by atoms with Crippen LogP contribution in [0.1, 0.15) is 27.6 Å². The van der Waals surface area contributed by atoms with Gasteiger partial charge in [0, 0.05) is 25.3 Å². The molecular formula is C17H18N2O5. The van der Waals surface area contributed by atoms with Gasteiger partial charge in [-0.1, -0.05) is 0 Å². The third-order valence-corrected chi connectivity index (χ3v) is 2.87. The molecule has 0 unspecified atom stereocenters. The van der Waals surface area contributed by atoms with Gasteiger partial charge in [-0.15, -0.1) is 0 Å². The van der Waals surface area contributed by atoms with Gasteiger partial charge in [-0.25, -0.2) is 9.59 Å². The zero-order valence-corrected chi connectivity index (χ0v) is 13.2. The molecule has 24 heavy (non-hydrogen) atoms. The molecule has 0 aliphatic carbocycles. The summed E-state index contributed by atoms with van der Waals surface area (Å²) in [6.07, 6.45) is 0. The number of carboxylic acid groups (broad SMARTS) is 2. The van der Waals surface area contributed by atoms with Crippen LogP contribution in [-0.2, 0) is 4.79 Å². The fourth-order valence-corrected chi connectivity index (χ4v) is 1.68. The van der Waals surface area contributed by atoms with E-state index in [9.17, 15) is 14.4 Å². The van der Waals surface area contributed by atoms with Crippen LogP contribution >= 0.6 is 0 Å². The third-order valence-electron chi connectivity index (χ3n) is 2.87. The summed E-state index contributed by atoms with van der Waals surface area (Å²) in [5.74, 6) is -2.05. The van der Waals surface area contributed by atoms with E-state index in [4.69, 9.17) is 10.2 Å². The first-order valence-corrected chi connectivity index (χ1v) is 6.95. The molecule has 0 radical (unpaired) electrons. The van der Waals surface area contributed by atoms with E-state index >= 15 is 0 Å². The van der Waals surface area contributed by atoms with Crippen molar-refractivity contribution in [2.24, 2.45) is 0 Å². The Hall–Kier alpha value is -3.35. The lowest BCUT2D eigenvalue weighted by Crippen LogP contribution is -2.05. The molecule has 0 saturated carbocycles. The second-order valence-corrected chi connectivity index (χ2v) is 4.70. The second kappa shape index (κ2) is 8.94. The summed E-state index contributed by atoms with van der Waals surface area (Å²) >= 11 is 0. The number of nitrogens with one attached hydrogen (secondary N) is 2. The van der Waals surface area contributed by atoms with Gasteiger partial charge < -0.3 is 20.8 Å². The van der Waals surface area contributed by atoms with Crippen LogP contribution in [-0.4, -0.2) is 35.1 Å². The van der Waals surface area contributed by atoms with Gasteiger partial charge in [0.05, 0.1) is 11.1 Å². The summed E-state index contributed by atoms with van der Waals surface area (Å²) in [7, 11) is 1.79. The largest absolute Gasteiger partial charge is 0.478 e. The molecule has 7 heteroatoms. The number of hydrogen-bond acceptors (Lipinski definition) is 4. The Morgan fingerprint density at radius 1 is 0.750 bits per heavy atom. The SMILES string of the molecule is CC(=O)Nc1ccc(C(=O)O)cc1.CNc1ccc(C(=O)O)cc1. The maximum atomic E-state index is 10.6. The molecule has 4 N–H and O–H groups in total. The molecule has 126 valence electrons. The molecular weight excluding hydrogens is 312 g/mol. The minimum absolute atomic E-state index is 0.178. The van der Waals surface area contributed by atoms with Gasteiger partial charge >= 0.3 is 11.9 Å². The maximum absolute atomic E-state index is 10.6. The summed E-state index contributed by atoms with van der Waals surface area (Å²) < 4.78 is 0. The molecule has 2 aromatic carbocycles. The van der Waals surface area contributed by atoms with Crippen molar-refractivity contribution >= 4 is 29.2 Å². The van der Waals surface area contributed by atoms with E-state index in [-0.39, 0.29) is 11.5 Å². The maximum Gasteiger partial charge on any atom is 0.335 e. The van der Waals surface area contributed by atoms with Crippen molar-refractivity contribution in [3.8, 4) is 0 Å². The predicted molar refractivity (Wildman–Crippen MR) is 90.7 cm³/mol. The van der Waals surface area contributed by atoms with Crippen LogP contribution in [0.4, 0.5) is 11.4 Å². The van der Waals surface area contributed by atoms with E-state index < -0.39 is 11.9 Å². The van der Waals surface area contributed by atoms with Crippen molar-refractivity contribution in [1.29, 1.82) is 0 Å². The number of rotatable bonds is 4. The van der Waals surface area contributed by atoms with Crippen LogP contribution in [0.15, 0.2) is 48.5 Å². The van der Waals surface area contributed by atoms with E-state index in [0.29, 0.717) is 11.3 Å². The Kier molecular flexibility index (Phi) is 6.97. The van der Waals surface area contributed by atoms with E-state index in [1.165, 1.54) is 19.1 Å². The van der Waals surface area contributed by atoms with Crippen molar-refractivity contribution in [3.05, 3.63) is 59.7 Å². The number of aromatic carboxylic acids is 2. The zero-order valence-electron chi connectivity index (χ0n) is 13.2. The number of benzene rings is 2. The van der Waals surface area contributed by atoms with Crippen LogP contribution < -0.4 is 10.6 Å². The average Bonchev–Trinajstić information content (AvgIpc) is 2.55. The highest BCUT2D eigenvalue weighted by Gasteiger charge is 2.01. The minimum atomic E-state index is -0.977. The van der Waals surface area contributed by atoms with Crippen LogP contribution in [0.5, 0.6) is 0 Å². The molecule has 7 nitrogen and oxygen atoms in total.